The number of carbonyl (C=O) groups is 1. The maximum Gasteiger partial charge on any atom is 0.224 e. The van der Waals surface area contributed by atoms with Gasteiger partial charge in [-0.3, -0.25) is 9.78 Å². The third kappa shape index (κ3) is 3.90. The Kier molecular flexibility index (Phi) is 4.85. The highest BCUT2D eigenvalue weighted by molar-refractivity contribution is 5.91. The molecule has 4 heteroatoms. The number of hydrogen-bond acceptors (Lipinski definition) is 3. The maximum atomic E-state index is 12.0. The number of pyridine rings is 1. The lowest BCUT2D eigenvalue weighted by molar-refractivity contribution is -0.116. The minimum Gasteiger partial charge on any atom is -0.389 e. The second kappa shape index (κ2) is 6.82. The van der Waals surface area contributed by atoms with Crippen LogP contribution in [0.1, 0.15) is 30.6 Å². The molecule has 0 aliphatic rings. The van der Waals surface area contributed by atoms with E-state index in [1.807, 2.05) is 30.3 Å². The van der Waals surface area contributed by atoms with Crippen LogP contribution in [-0.4, -0.2) is 16.0 Å². The van der Waals surface area contributed by atoms with E-state index in [2.05, 4.69) is 10.3 Å². The fraction of sp³-hybridized carbons (Fsp3) is 0.250. The number of rotatable bonds is 5. The van der Waals surface area contributed by atoms with E-state index in [9.17, 15) is 9.90 Å². The lowest BCUT2D eigenvalue weighted by atomic mass is 10.1. The Morgan fingerprint density at radius 2 is 1.95 bits per heavy atom. The molecule has 4 nitrogen and oxygen atoms in total. The summed E-state index contributed by atoms with van der Waals surface area (Å²) in [6.07, 6.45) is 3.90. The lowest BCUT2D eigenvalue weighted by Gasteiger charge is -2.12. The second-order valence-corrected chi connectivity index (χ2v) is 4.67. The van der Waals surface area contributed by atoms with E-state index in [-0.39, 0.29) is 5.91 Å². The Hall–Kier alpha value is -2.20. The first-order chi connectivity index (χ1) is 9.66. The summed E-state index contributed by atoms with van der Waals surface area (Å²) in [6.45, 7) is 1.68. The average molecular weight is 270 g/mol. The predicted molar refractivity (Wildman–Crippen MR) is 78.3 cm³/mol. The molecule has 20 heavy (non-hydrogen) atoms. The first-order valence-corrected chi connectivity index (χ1v) is 6.62. The number of amides is 1. The number of nitrogens with one attached hydrogen (secondary N) is 1. The molecule has 1 amide bonds. The number of hydrogen-bond donors (Lipinski definition) is 2. The molecule has 1 aromatic carbocycles. The van der Waals surface area contributed by atoms with Crippen LogP contribution in [0.15, 0.2) is 48.8 Å². The molecule has 1 atom stereocenters. The number of aliphatic hydroxyl groups excluding tert-OH is 1. The zero-order chi connectivity index (χ0) is 14.4. The number of aromatic nitrogens is 1. The van der Waals surface area contributed by atoms with Gasteiger partial charge in [-0.15, -0.1) is 0 Å². The van der Waals surface area contributed by atoms with Crippen molar-refractivity contribution < 1.29 is 9.90 Å². The van der Waals surface area contributed by atoms with Crippen LogP contribution >= 0.6 is 0 Å². The SMILES string of the molecule is CC(O)c1ccccc1NC(=O)CCc1ccncc1. The van der Waals surface area contributed by atoms with Gasteiger partial charge in [0.2, 0.25) is 5.91 Å². The molecule has 0 saturated heterocycles. The predicted octanol–water partition coefficient (Wildman–Crippen LogP) is 2.71. The minimum absolute atomic E-state index is 0.0603. The first-order valence-electron chi connectivity index (χ1n) is 6.62. The molecule has 0 spiro atoms. The summed E-state index contributed by atoms with van der Waals surface area (Å²) in [7, 11) is 0. The van der Waals surface area contributed by atoms with Crippen molar-refractivity contribution in [2.24, 2.45) is 0 Å². The molecule has 0 saturated carbocycles. The van der Waals surface area contributed by atoms with E-state index in [1.54, 1.807) is 25.4 Å². The average Bonchev–Trinajstić information content (AvgIpc) is 2.46. The van der Waals surface area contributed by atoms with Crippen LogP contribution in [0.25, 0.3) is 0 Å². The van der Waals surface area contributed by atoms with Crippen molar-refractivity contribution >= 4 is 11.6 Å². The molecule has 1 unspecified atom stereocenters. The summed E-state index contributed by atoms with van der Waals surface area (Å²) in [5.41, 5.74) is 2.48. The second-order valence-electron chi connectivity index (χ2n) is 4.67. The number of nitrogens with zero attached hydrogens (tertiary/aromatic N) is 1. The molecule has 2 N–H and O–H groups in total. The zero-order valence-electron chi connectivity index (χ0n) is 11.4. The van der Waals surface area contributed by atoms with Crippen LogP contribution in [-0.2, 0) is 11.2 Å². The minimum atomic E-state index is -0.605. The number of carbonyl (C=O) groups excluding carboxylic acids is 1. The maximum absolute atomic E-state index is 12.0. The number of anilines is 1. The van der Waals surface area contributed by atoms with Gasteiger partial charge in [-0.05, 0) is 37.1 Å². The van der Waals surface area contributed by atoms with Crippen molar-refractivity contribution in [1.82, 2.24) is 4.98 Å². The highest BCUT2D eigenvalue weighted by Gasteiger charge is 2.10. The number of aryl methyl sites for hydroxylation is 1. The molecular weight excluding hydrogens is 252 g/mol. The van der Waals surface area contributed by atoms with E-state index in [0.29, 0.717) is 18.5 Å². The normalized spacial score (nSPS) is 11.9. The third-order valence-electron chi connectivity index (χ3n) is 3.08. The number of aliphatic hydroxyl groups is 1. The standard InChI is InChI=1S/C16H18N2O2/c1-12(19)14-4-2-3-5-15(14)18-16(20)7-6-13-8-10-17-11-9-13/h2-5,8-12,19H,6-7H2,1H3,(H,18,20). The molecule has 0 aliphatic heterocycles. The molecular formula is C16H18N2O2. The van der Waals surface area contributed by atoms with Crippen molar-refractivity contribution in [2.75, 3.05) is 5.32 Å². The van der Waals surface area contributed by atoms with E-state index in [4.69, 9.17) is 0 Å². The van der Waals surface area contributed by atoms with E-state index >= 15 is 0 Å². The van der Waals surface area contributed by atoms with Gasteiger partial charge in [0.25, 0.3) is 0 Å². The van der Waals surface area contributed by atoms with Gasteiger partial charge in [0, 0.05) is 30.1 Å². The Morgan fingerprint density at radius 3 is 2.65 bits per heavy atom. The molecule has 104 valence electrons. The van der Waals surface area contributed by atoms with Crippen LogP contribution in [0.5, 0.6) is 0 Å². The van der Waals surface area contributed by atoms with Crippen molar-refractivity contribution in [1.29, 1.82) is 0 Å². The summed E-state index contributed by atoms with van der Waals surface area (Å²) in [4.78, 5) is 15.9. The van der Waals surface area contributed by atoms with Gasteiger partial charge in [0.05, 0.1) is 6.10 Å². The monoisotopic (exact) mass is 270 g/mol. The van der Waals surface area contributed by atoms with Crippen LogP contribution in [0.3, 0.4) is 0 Å². The Bertz CT molecular complexity index is 568. The van der Waals surface area contributed by atoms with Crippen molar-refractivity contribution in [2.45, 2.75) is 25.9 Å². The first kappa shape index (κ1) is 14.2. The van der Waals surface area contributed by atoms with E-state index in [1.165, 1.54) is 0 Å². The van der Waals surface area contributed by atoms with Crippen LogP contribution in [0.2, 0.25) is 0 Å². The van der Waals surface area contributed by atoms with Crippen molar-refractivity contribution in [3.63, 3.8) is 0 Å². The molecule has 1 aromatic heterocycles. The lowest BCUT2D eigenvalue weighted by Crippen LogP contribution is -2.14. The molecule has 2 aromatic rings. The Labute approximate surface area is 118 Å². The van der Waals surface area contributed by atoms with Crippen LogP contribution in [0.4, 0.5) is 5.69 Å². The Morgan fingerprint density at radius 1 is 1.25 bits per heavy atom. The topological polar surface area (TPSA) is 62.2 Å². The quantitative estimate of drug-likeness (QED) is 0.878. The summed E-state index contributed by atoms with van der Waals surface area (Å²) in [5.74, 6) is -0.0603. The van der Waals surface area contributed by atoms with Crippen LogP contribution in [0, 0.1) is 0 Å². The number of para-hydroxylation sites is 1. The fourth-order valence-corrected chi connectivity index (χ4v) is 2.00. The molecule has 2 rings (SSSR count). The molecule has 0 bridgehead atoms. The summed E-state index contributed by atoms with van der Waals surface area (Å²) in [5, 5.41) is 12.5. The van der Waals surface area contributed by atoms with Crippen molar-refractivity contribution in [3.05, 3.63) is 59.9 Å². The van der Waals surface area contributed by atoms with Gasteiger partial charge in [-0.2, -0.15) is 0 Å². The molecule has 0 radical (unpaired) electrons. The molecule has 0 fully saturated rings. The van der Waals surface area contributed by atoms with Gasteiger partial charge in [-0.1, -0.05) is 18.2 Å². The van der Waals surface area contributed by atoms with E-state index in [0.717, 1.165) is 11.1 Å². The largest absolute Gasteiger partial charge is 0.389 e. The summed E-state index contributed by atoms with van der Waals surface area (Å²) in [6, 6.07) is 11.1. The van der Waals surface area contributed by atoms with Gasteiger partial charge in [-0.25, -0.2) is 0 Å². The zero-order valence-corrected chi connectivity index (χ0v) is 11.4. The molecule has 1 heterocycles. The molecule has 0 aliphatic carbocycles. The highest BCUT2D eigenvalue weighted by atomic mass is 16.3. The van der Waals surface area contributed by atoms with E-state index < -0.39 is 6.10 Å². The highest BCUT2D eigenvalue weighted by Crippen LogP contribution is 2.22. The summed E-state index contributed by atoms with van der Waals surface area (Å²) >= 11 is 0. The fourth-order valence-electron chi connectivity index (χ4n) is 2.00. The smallest absolute Gasteiger partial charge is 0.224 e. The van der Waals surface area contributed by atoms with Crippen LogP contribution < -0.4 is 5.32 Å². The van der Waals surface area contributed by atoms with Crippen molar-refractivity contribution in [3.8, 4) is 0 Å². The summed E-state index contributed by atoms with van der Waals surface area (Å²) < 4.78 is 0. The third-order valence-corrected chi connectivity index (χ3v) is 3.08. The Balaban J connectivity index is 1.95. The van der Waals surface area contributed by atoms with Gasteiger partial charge >= 0.3 is 0 Å². The number of benzene rings is 1. The van der Waals surface area contributed by atoms with Gasteiger partial charge < -0.3 is 10.4 Å². The van der Waals surface area contributed by atoms with Gasteiger partial charge in [0.1, 0.15) is 0 Å². The van der Waals surface area contributed by atoms with Gasteiger partial charge in [0.15, 0.2) is 0 Å².